The molecule has 0 unspecified atom stereocenters. The van der Waals surface area contributed by atoms with E-state index in [9.17, 15) is 14.4 Å². The SMILES string of the molecule is CC(=O)N1CCN(C(=O)C2(C(=O)Nc3c(Cl)cccc3Cl)CC2)CC1. The predicted molar refractivity (Wildman–Crippen MR) is 95.6 cm³/mol. The van der Waals surface area contributed by atoms with Gasteiger partial charge in [-0.05, 0) is 25.0 Å². The predicted octanol–water partition coefficient (Wildman–Crippen LogP) is 2.40. The van der Waals surface area contributed by atoms with Crippen molar-refractivity contribution in [3.05, 3.63) is 28.2 Å². The maximum absolute atomic E-state index is 12.9. The van der Waals surface area contributed by atoms with Crippen molar-refractivity contribution in [2.45, 2.75) is 19.8 Å². The Balaban J connectivity index is 1.69. The summed E-state index contributed by atoms with van der Waals surface area (Å²) in [6.07, 6.45) is 1.01. The molecule has 8 heteroatoms. The third-order valence-electron chi connectivity index (χ3n) is 4.81. The number of nitrogens with one attached hydrogen (secondary N) is 1. The first-order chi connectivity index (χ1) is 11.8. The average Bonchev–Trinajstić information content (AvgIpc) is 3.39. The minimum atomic E-state index is -1.04. The highest BCUT2D eigenvalue weighted by molar-refractivity contribution is 6.40. The number of nitrogens with zero attached hydrogens (tertiary/aromatic N) is 2. The summed E-state index contributed by atoms with van der Waals surface area (Å²) >= 11 is 12.2. The van der Waals surface area contributed by atoms with Gasteiger partial charge >= 0.3 is 0 Å². The fraction of sp³-hybridized carbons (Fsp3) is 0.471. The normalized spacial score (nSPS) is 18.7. The Kier molecular flexibility index (Phi) is 4.93. The minimum absolute atomic E-state index is 0.000612. The van der Waals surface area contributed by atoms with Crippen LogP contribution in [0.1, 0.15) is 19.8 Å². The van der Waals surface area contributed by atoms with Crippen LogP contribution in [0, 0.1) is 5.41 Å². The van der Waals surface area contributed by atoms with Crippen LogP contribution in [0.15, 0.2) is 18.2 Å². The molecule has 0 aromatic heterocycles. The summed E-state index contributed by atoms with van der Waals surface area (Å²) in [5.41, 5.74) is -0.711. The highest BCUT2D eigenvalue weighted by Crippen LogP contribution is 2.49. The van der Waals surface area contributed by atoms with Gasteiger partial charge in [0.05, 0.1) is 15.7 Å². The molecule has 0 spiro atoms. The second kappa shape index (κ2) is 6.84. The summed E-state index contributed by atoms with van der Waals surface area (Å²) in [6, 6.07) is 4.95. The molecule has 3 amide bonds. The van der Waals surface area contributed by atoms with Crippen molar-refractivity contribution in [2.24, 2.45) is 5.41 Å². The molecule has 0 atom stereocenters. The van der Waals surface area contributed by atoms with E-state index in [2.05, 4.69) is 5.32 Å². The molecule has 25 heavy (non-hydrogen) atoms. The fourth-order valence-corrected chi connectivity index (χ4v) is 3.53. The Labute approximate surface area is 156 Å². The zero-order valence-corrected chi connectivity index (χ0v) is 15.4. The molecule has 1 aliphatic heterocycles. The van der Waals surface area contributed by atoms with Gasteiger partial charge in [0.2, 0.25) is 17.7 Å². The van der Waals surface area contributed by atoms with Gasteiger partial charge in [0.25, 0.3) is 0 Å². The van der Waals surface area contributed by atoms with Crippen molar-refractivity contribution in [1.82, 2.24) is 9.80 Å². The molecule has 6 nitrogen and oxygen atoms in total. The molecule has 1 aliphatic carbocycles. The summed E-state index contributed by atoms with van der Waals surface area (Å²) < 4.78 is 0. The number of amides is 3. The average molecular weight is 384 g/mol. The highest BCUT2D eigenvalue weighted by Gasteiger charge is 2.58. The van der Waals surface area contributed by atoms with Crippen LogP contribution in [0.3, 0.4) is 0 Å². The number of para-hydroxylation sites is 1. The van der Waals surface area contributed by atoms with Crippen molar-refractivity contribution in [2.75, 3.05) is 31.5 Å². The fourth-order valence-electron chi connectivity index (χ4n) is 3.04. The second-order valence-corrected chi connectivity index (χ2v) is 7.25. The zero-order valence-electron chi connectivity index (χ0n) is 13.8. The number of carbonyl (C=O) groups excluding carboxylic acids is 3. The molecule has 0 radical (unpaired) electrons. The van der Waals surface area contributed by atoms with E-state index in [0.29, 0.717) is 54.8 Å². The quantitative estimate of drug-likeness (QED) is 0.814. The van der Waals surface area contributed by atoms with E-state index in [0.717, 1.165) is 0 Å². The molecule has 1 aromatic carbocycles. The van der Waals surface area contributed by atoms with Crippen molar-refractivity contribution >= 4 is 46.6 Å². The standard InChI is InChI=1S/C17H19Cl2N3O3/c1-11(23)21-7-9-22(10-8-21)16(25)17(5-6-17)15(24)20-14-12(18)3-2-4-13(14)19/h2-4H,5-10H2,1H3,(H,20,24). The molecule has 1 N–H and O–H groups in total. The molecule has 1 saturated carbocycles. The van der Waals surface area contributed by atoms with Crippen LogP contribution < -0.4 is 5.32 Å². The Morgan fingerprint density at radius 2 is 1.52 bits per heavy atom. The van der Waals surface area contributed by atoms with Gasteiger partial charge in [0.15, 0.2) is 0 Å². The zero-order chi connectivity index (χ0) is 18.2. The smallest absolute Gasteiger partial charge is 0.240 e. The summed E-state index contributed by atoms with van der Waals surface area (Å²) in [4.78, 5) is 40.3. The van der Waals surface area contributed by atoms with Crippen LogP contribution in [0.5, 0.6) is 0 Å². The lowest BCUT2D eigenvalue weighted by Gasteiger charge is -2.36. The monoisotopic (exact) mass is 383 g/mol. The number of halogens is 2. The van der Waals surface area contributed by atoms with Crippen LogP contribution in [-0.2, 0) is 14.4 Å². The first kappa shape index (κ1) is 18.0. The van der Waals surface area contributed by atoms with Gasteiger partial charge in [0, 0.05) is 33.1 Å². The molecule has 1 heterocycles. The van der Waals surface area contributed by atoms with E-state index in [-0.39, 0.29) is 17.7 Å². The lowest BCUT2D eigenvalue weighted by atomic mass is 10.0. The molecule has 2 aliphatic rings. The van der Waals surface area contributed by atoms with Gasteiger partial charge in [0.1, 0.15) is 5.41 Å². The van der Waals surface area contributed by atoms with Crippen molar-refractivity contribution in [3.8, 4) is 0 Å². The minimum Gasteiger partial charge on any atom is -0.339 e. The van der Waals surface area contributed by atoms with Gasteiger partial charge in [-0.3, -0.25) is 14.4 Å². The number of hydrogen-bond acceptors (Lipinski definition) is 3. The number of rotatable bonds is 3. The van der Waals surface area contributed by atoms with E-state index in [1.807, 2.05) is 0 Å². The first-order valence-electron chi connectivity index (χ1n) is 8.15. The van der Waals surface area contributed by atoms with Crippen molar-refractivity contribution in [1.29, 1.82) is 0 Å². The van der Waals surface area contributed by atoms with Crippen LogP contribution in [0.2, 0.25) is 10.0 Å². The summed E-state index contributed by atoms with van der Waals surface area (Å²) in [5.74, 6) is -0.558. The number of hydrogen-bond donors (Lipinski definition) is 1. The molecule has 1 saturated heterocycles. The van der Waals surface area contributed by atoms with Crippen LogP contribution in [-0.4, -0.2) is 53.7 Å². The summed E-state index contributed by atoms with van der Waals surface area (Å²) in [6.45, 7) is 3.39. The van der Waals surface area contributed by atoms with E-state index in [4.69, 9.17) is 23.2 Å². The molecule has 0 bridgehead atoms. The van der Waals surface area contributed by atoms with Gasteiger partial charge in [-0.25, -0.2) is 0 Å². The molecular weight excluding hydrogens is 365 g/mol. The lowest BCUT2D eigenvalue weighted by molar-refractivity contribution is -0.146. The number of benzene rings is 1. The maximum Gasteiger partial charge on any atom is 0.240 e. The molecule has 1 aromatic rings. The molecular formula is C17H19Cl2N3O3. The van der Waals surface area contributed by atoms with E-state index >= 15 is 0 Å². The molecule has 3 rings (SSSR count). The highest BCUT2D eigenvalue weighted by atomic mass is 35.5. The first-order valence-corrected chi connectivity index (χ1v) is 8.91. The third-order valence-corrected chi connectivity index (χ3v) is 5.44. The van der Waals surface area contributed by atoms with Gasteiger partial charge in [-0.15, -0.1) is 0 Å². The van der Waals surface area contributed by atoms with Crippen LogP contribution >= 0.6 is 23.2 Å². The summed E-state index contributed by atoms with van der Waals surface area (Å²) in [7, 11) is 0. The second-order valence-electron chi connectivity index (χ2n) is 6.43. The number of piperazine rings is 1. The van der Waals surface area contributed by atoms with Crippen molar-refractivity contribution in [3.63, 3.8) is 0 Å². The van der Waals surface area contributed by atoms with E-state index in [1.54, 1.807) is 28.0 Å². The van der Waals surface area contributed by atoms with E-state index < -0.39 is 5.41 Å². The van der Waals surface area contributed by atoms with Crippen molar-refractivity contribution < 1.29 is 14.4 Å². The van der Waals surface area contributed by atoms with Gasteiger partial charge in [-0.1, -0.05) is 29.3 Å². The largest absolute Gasteiger partial charge is 0.339 e. The Morgan fingerprint density at radius 3 is 2.00 bits per heavy atom. The molecule has 134 valence electrons. The lowest BCUT2D eigenvalue weighted by Crippen LogP contribution is -2.53. The third kappa shape index (κ3) is 3.46. The Morgan fingerprint density at radius 1 is 1.00 bits per heavy atom. The summed E-state index contributed by atoms with van der Waals surface area (Å²) in [5, 5.41) is 3.38. The maximum atomic E-state index is 12.9. The van der Waals surface area contributed by atoms with Gasteiger partial charge in [-0.2, -0.15) is 0 Å². The topological polar surface area (TPSA) is 69.7 Å². The Bertz CT molecular complexity index is 706. The Hall–Kier alpha value is -1.79. The number of carbonyl (C=O) groups is 3. The molecule has 2 fully saturated rings. The van der Waals surface area contributed by atoms with Crippen LogP contribution in [0.4, 0.5) is 5.69 Å². The van der Waals surface area contributed by atoms with Gasteiger partial charge < -0.3 is 15.1 Å². The van der Waals surface area contributed by atoms with Crippen LogP contribution in [0.25, 0.3) is 0 Å². The number of anilines is 1. The van der Waals surface area contributed by atoms with E-state index in [1.165, 1.54) is 6.92 Å².